The summed E-state index contributed by atoms with van der Waals surface area (Å²) in [6.07, 6.45) is 8.13. The predicted octanol–water partition coefficient (Wildman–Crippen LogP) is 3.39. The van der Waals surface area contributed by atoms with Gasteiger partial charge in [0, 0.05) is 6.42 Å². The number of hydrogen-bond acceptors (Lipinski definition) is 2. The van der Waals surface area contributed by atoms with Gasteiger partial charge in [-0.2, -0.15) is 0 Å². The molecule has 3 rings (SSSR count). The number of benzene rings is 1. The van der Waals surface area contributed by atoms with E-state index in [1.54, 1.807) is 0 Å². The van der Waals surface area contributed by atoms with Crippen molar-refractivity contribution in [2.24, 2.45) is 5.92 Å². The first kappa shape index (κ1) is 16.6. The second-order valence-electron chi connectivity index (χ2n) is 7.63. The second kappa shape index (κ2) is 8.05. The first-order valence-corrected chi connectivity index (χ1v) is 9.45. The van der Waals surface area contributed by atoms with E-state index < -0.39 is 0 Å². The lowest BCUT2D eigenvalue weighted by molar-refractivity contribution is -0.905. The molecule has 128 valence electrons. The largest absolute Gasteiger partial charge is 0.454 e. The highest BCUT2D eigenvalue weighted by Crippen LogP contribution is 2.36. The van der Waals surface area contributed by atoms with E-state index in [-0.39, 0.29) is 0 Å². The van der Waals surface area contributed by atoms with Crippen molar-refractivity contribution < 1.29 is 14.4 Å². The third-order valence-electron chi connectivity index (χ3n) is 5.37. The molecule has 0 spiro atoms. The molecule has 0 radical (unpaired) electrons. The molecule has 1 atom stereocenters. The third-order valence-corrected chi connectivity index (χ3v) is 5.37. The van der Waals surface area contributed by atoms with Gasteiger partial charge in [-0.1, -0.05) is 26.3 Å². The lowest BCUT2D eigenvalue weighted by Crippen LogP contribution is -3.12. The molecule has 0 amide bonds. The molecule has 0 aliphatic carbocycles. The van der Waals surface area contributed by atoms with Crippen molar-refractivity contribution in [2.45, 2.75) is 58.3 Å². The Labute approximate surface area is 141 Å². The topological polar surface area (TPSA) is 22.9 Å². The highest BCUT2D eigenvalue weighted by atomic mass is 16.7. The zero-order chi connectivity index (χ0) is 16.1. The quantitative estimate of drug-likeness (QED) is 0.833. The van der Waals surface area contributed by atoms with Crippen LogP contribution >= 0.6 is 0 Å². The van der Waals surface area contributed by atoms with Crippen LogP contribution in [0.4, 0.5) is 0 Å². The van der Waals surface area contributed by atoms with Crippen molar-refractivity contribution in [1.29, 1.82) is 0 Å². The molecule has 1 fully saturated rings. The van der Waals surface area contributed by atoms with Gasteiger partial charge in [0.25, 0.3) is 0 Å². The molecule has 1 aromatic carbocycles. The Balaban J connectivity index is 1.64. The van der Waals surface area contributed by atoms with E-state index in [1.807, 2.05) is 4.90 Å². The zero-order valence-corrected chi connectivity index (χ0v) is 14.8. The zero-order valence-electron chi connectivity index (χ0n) is 14.8. The summed E-state index contributed by atoms with van der Waals surface area (Å²) in [5.41, 5.74) is 1.44. The average molecular weight is 318 g/mol. The van der Waals surface area contributed by atoms with E-state index in [0.717, 1.165) is 17.4 Å². The lowest BCUT2D eigenvalue weighted by atomic mass is 9.88. The number of likely N-dealkylation sites (tertiary alicyclic amines) is 1. The van der Waals surface area contributed by atoms with Crippen molar-refractivity contribution in [2.75, 3.05) is 26.4 Å². The number of nitrogens with one attached hydrogen (secondary N) is 1. The Kier molecular flexibility index (Phi) is 5.82. The molecule has 2 aliphatic heterocycles. The van der Waals surface area contributed by atoms with Crippen molar-refractivity contribution in [1.82, 2.24) is 0 Å². The van der Waals surface area contributed by atoms with Crippen LogP contribution in [0.2, 0.25) is 0 Å². The van der Waals surface area contributed by atoms with Crippen LogP contribution < -0.4 is 14.4 Å². The summed E-state index contributed by atoms with van der Waals surface area (Å²) in [4.78, 5) is 1.81. The standard InChI is InChI=1S/C20H31NO2/c1-16(2)6-7-17(10-13-21-11-4-3-5-12-21)18-8-9-19-20(14-18)23-15-22-19/h8-9,14,16-17H,3-7,10-13,15H2,1-2H3/p+1/t17-/m1/s1. The molecule has 3 heteroatoms. The predicted molar refractivity (Wildman–Crippen MR) is 93.4 cm³/mol. The lowest BCUT2D eigenvalue weighted by Gasteiger charge is -2.26. The molecule has 23 heavy (non-hydrogen) atoms. The Bertz CT molecular complexity index is 494. The minimum absolute atomic E-state index is 0.368. The summed E-state index contributed by atoms with van der Waals surface area (Å²) in [5, 5.41) is 0. The molecule has 2 aliphatic rings. The van der Waals surface area contributed by atoms with E-state index in [9.17, 15) is 0 Å². The Morgan fingerprint density at radius 1 is 0.957 bits per heavy atom. The minimum Gasteiger partial charge on any atom is -0.454 e. The van der Waals surface area contributed by atoms with Gasteiger partial charge in [0.1, 0.15) is 0 Å². The number of rotatable bonds is 7. The maximum absolute atomic E-state index is 5.58. The van der Waals surface area contributed by atoms with Gasteiger partial charge in [-0.3, -0.25) is 0 Å². The van der Waals surface area contributed by atoms with Gasteiger partial charge in [0.05, 0.1) is 19.6 Å². The summed E-state index contributed by atoms with van der Waals surface area (Å²) in [5.74, 6) is 3.26. The smallest absolute Gasteiger partial charge is 0.231 e. The molecule has 3 nitrogen and oxygen atoms in total. The maximum Gasteiger partial charge on any atom is 0.231 e. The van der Waals surface area contributed by atoms with E-state index in [0.29, 0.717) is 12.7 Å². The SMILES string of the molecule is CC(C)CC[C@H](CC[NH+]1CCCCC1)c1ccc2c(c1)OCO2. The van der Waals surface area contributed by atoms with Crippen molar-refractivity contribution in [3.05, 3.63) is 23.8 Å². The monoisotopic (exact) mass is 318 g/mol. The minimum atomic E-state index is 0.368. The van der Waals surface area contributed by atoms with Crippen LogP contribution in [0.15, 0.2) is 18.2 Å². The number of hydrogen-bond donors (Lipinski definition) is 1. The normalized spacial score (nSPS) is 19.3. The van der Waals surface area contributed by atoms with Gasteiger partial charge in [-0.05, 0) is 55.2 Å². The van der Waals surface area contributed by atoms with E-state index in [1.165, 1.54) is 63.7 Å². The van der Waals surface area contributed by atoms with Gasteiger partial charge < -0.3 is 14.4 Å². The van der Waals surface area contributed by atoms with E-state index >= 15 is 0 Å². The van der Waals surface area contributed by atoms with Gasteiger partial charge in [-0.25, -0.2) is 0 Å². The Morgan fingerprint density at radius 2 is 1.74 bits per heavy atom. The van der Waals surface area contributed by atoms with Gasteiger partial charge in [0.15, 0.2) is 11.5 Å². The number of quaternary nitrogens is 1. The summed E-state index contributed by atoms with van der Waals surface area (Å²) in [6.45, 7) is 9.08. The highest BCUT2D eigenvalue weighted by molar-refractivity contribution is 5.45. The summed E-state index contributed by atoms with van der Waals surface area (Å²) >= 11 is 0. The van der Waals surface area contributed by atoms with Crippen LogP contribution in [0.3, 0.4) is 0 Å². The average Bonchev–Trinajstić information content (AvgIpc) is 3.03. The molecule has 0 saturated carbocycles. The second-order valence-corrected chi connectivity index (χ2v) is 7.63. The van der Waals surface area contributed by atoms with E-state index in [4.69, 9.17) is 9.47 Å². The summed E-state index contributed by atoms with van der Waals surface area (Å²) < 4.78 is 11.0. The molecule has 0 unspecified atom stereocenters. The fourth-order valence-electron chi connectivity index (χ4n) is 3.86. The molecular weight excluding hydrogens is 286 g/mol. The molecular formula is C20H32NO2+. The van der Waals surface area contributed by atoms with Crippen LogP contribution in [-0.4, -0.2) is 26.4 Å². The molecule has 0 aromatic heterocycles. The van der Waals surface area contributed by atoms with Gasteiger partial charge in [-0.15, -0.1) is 0 Å². The highest BCUT2D eigenvalue weighted by Gasteiger charge is 2.21. The van der Waals surface area contributed by atoms with E-state index in [2.05, 4.69) is 32.0 Å². The molecule has 1 aromatic rings. The van der Waals surface area contributed by atoms with Crippen LogP contribution in [0, 0.1) is 5.92 Å². The van der Waals surface area contributed by atoms with Crippen LogP contribution in [-0.2, 0) is 0 Å². The molecule has 1 saturated heterocycles. The molecule has 1 N–H and O–H groups in total. The number of ether oxygens (including phenoxy) is 2. The van der Waals surface area contributed by atoms with Crippen LogP contribution in [0.25, 0.3) is 0 Å². The van der Waals surface area contributed by atoms with Crippen LogP contribution in [0.1, 0.15) is 63.9 Å². The molecule has 0 bridgehead atoms. The Hall–Kier alpha value is -1.22. The maximum atomic E-state index is 5.58. The van der Waals surface area contributed by atoms with Crippen molar-refractivity contribution in [3.63, 3.8) is 0 Å². The Morgan fingerprint density at radius 3 is 2.52 bits per heavy atom. The number of piperidine rings is 1. The fourth-order valence-corrected chi connectivity index (χ4v) is 3.86. The summed E-state index contributed by atoms with van der Waals surface area (Å²) in [7, 11) is 0. The van der Waals surface area contributed by atoms with Crippen molar-refractivity contribution in [3.8, 4) is 11.5 Å². The van der Waals surface area contributed by atoms with Crippen LogP contribution in [0.5, 0.6) is 11.5 Å². The first-order chi connectivity index (χ1) is 11.2. The fraction of sp³-hybridized carbons (Fsp3) is 0.700. The third kappa shape index (κ3) is 4.63. The van der Waals surface area contributed by atoms with Gasteiger partial charge in [0.2, 0.25) is 6.79 Å². The van der Waals surface area contributed by atoms with Crippen molar-refractivity contribution >= 4 is 0 Å². The number of fused-ring (bicyclic) bond motifs is 1. The molecule has 2 heterocycles. The first-order valence-electron chi connectivity index (χ1n) is 9.45. The van der Waals surface area contributed by atoms with Gasteiger partial charge >= 0.3 is 0 Å². The summed E-state index contributed by atoms with van der Waals surface area (Å²) in [6, 6.07) is 6.57.